The van der Waals surface area contributed by atoms with Gasteiger partial charge in [-0.15, -0.1) is 0 Å². The summed E-state index contributed by atoms with van der Waals surface area (Å²) < 4.78 is 0. The first-order valence-corrected chi connectivity index (χ1v) is 10.4. The Morgan fingerprint density at radius 1 is 1.11 bits per heavy atom. The molecule has 0 spiro atoms. The molecule has 2 aromatic carbocycles. The third-order valence-corrected chi connectivity index (χ3v) is 6.07. The highest BCUT2D eigenvalue weighted by molar-refractivity contribution is 6.30. The van der Waals surface area contributed by atoms with Gasteiger partial charge in [-0.1, -0.05) is 48.0 Å². The Balaban J connectivity index is 1.70. The van der Waals surface area contributed by atoms with Crippen LogP contribution >= 0.6 is 11.6 Å². The molecule has 0 radical (unpaired) electrons. The van der Waals surface area contributed by atoms with Crippen molar-refractivity contribution in [2.24, 2.45) is 5.10 Å². The second-order valence-corrected chi connectivity index (χ2v) is 8.22. The normalized spacial score (nSPS) is 22.9. The third kappa shape index (κ3) is 3.98. The van der Waals surface area contributed by atoms with Crippen LogP contribution in [0, 0.1) is 0 Å². The fourth-order valence-corrected chi connectivity index (χ4v) is 4.40. The highest BCUT2D eigenvalue weighted by atomic mass is 35.5. The van der Waals surface area contributed by atoms with Crippen molar-refractivity contribution >= 4 is 23.6 Å². The number of halogens is 1. The maximum atomic E-state index is 12.1. The van der Waals surface area contributed by atoms with Crippen LogP contribution in [0.3, 0.4) is 0 Å². The molecule has 0 amide bonds. The molecule has 2 aromatic rings. The summed E-state index contributed by atoms with van der Waals surface area (Å²) in [4.78, 5) is 14.5. The lowest BCUT2D eigenvalue weighted by Gasteiger charge is -2.38. The largest absolute Gasteiger partial charge is 0.306 e. The Labute approximate surface area is 171 Å². The zero-order valence-corrected chi connectivity index (χ0v) is 17.0. The monoisotopic (exact) mass is 395 g/mol. The minimum atomic E-state index is -0.307. The Hall–Kier alpha value is -2.17. The van der Waals surface area contributed by atoms with Gasteiger partial charge in [-0.2, -0.15) is 5.10 Å². The van der Waals surface area contributed by atoms with Crippen LogP contribution in [0.2, 0.25) is 5.02 Å². The van der Waals surface area contributed by atoms with E-state index in [1.165, 1.54) is 5.56 Å². The molecule has 4 rings (SSSR count). The van der Waals surface area contributed by atoms with E-state index in [1.54, 1.807) is 0 Å². The van der Waals surface area contributed by atoms with Gasteiger partial charge in [0.15, 0.2) is 0 Å². The second-order valence-electron chi connectivity index (χ2n) is 7.79. The SMILES string of the molecule is CN1CCCC(N2N=C(Cc3ccc(Cl)cc3)c3ccccc3C2C=O)CC1. The number of benzene rings is 2. The molecular weight excluding hydrogens is 370 g/mol. The predicted molar refractivity (Wildman–Crippen MR) is 114 cm³/mol. The van der Waals surface area contributed by atoms with Gasteiger partial charge in [0, 0.05) is 23.0 Å². The van der Waals surface area contributed by atoms with Gasteiger partial charge in [-0.3, -0.25) is 5.01 Å². The molecule has 0 aromatic heterocycles. The van der Waals surface area contributed by atoms with Crippen molar-refractivity contribution in [3.8, 4) is 0 Å². The van der Waals surface area contributed by atoms with E-state index in [0.717, 1.165) is 66.9 Å². The third-order valence-electron chi connectivity index (χ3n) is 5.82. The highest BCUT2D eigenvalue weighted by Crippen LogP contribution is 2.33. The van der Waals surface area contributed by atoms with Crippen LogP contribution in [0.15, 0.2) is 53.6 Å². The summed E-state index contributed by atoms with van der Waals surface area (Å²) in [6, 6.07) is 16.1. The number of nitrogens with zero attached hydrogens (tertiary/aromatic N) is 3. The Morgan fingerprint density at radius 3 is 2.68 bits per heavy atom. The van der Waals surface area contributed by atoms with Crippen molar-refractivity contribution in [3.05, 3.63) is 70.2 Å². The maximum absolute atomic E-state index is 12.1. The maximum Gasteiger partial charge on any atom is 0.148 e. The molecular formula is C23H26ClN3O. The van der Waals surface area contributed by atoms with Crippen LogP contribution in [0.1, 0.15) is 42.0 Å². The van der Waals surface area contributed by atoms with Gasteiger partial charge in [0.1, 0.15) is 12.3 Å². The number of hydrogen-bond acceptors (Lipinski definition) is 4. The van der Waals surface area contributed by atoms with E-state index in [2.05, 4.69) is 29.1 Å². The summed E-state index contributed by atoms with van der Waals surface area (Å²) in [5.41, 5.74) is 4.34. The molecule has 0 bridgehead atoms. The van der Waals surface area contributed by atoms with Gasteiger partial charge in [-0.25, -0.2) is 0 Å². The second kappa shape index (κ2) is 8.46. The Kier molecular flexibility index (Phi) is 5.79. The van der Waals surface area contributed by atoms with Crippen LogP contribution in [0.5, 0.6) is 0 Å². The number of hydrazone groups is 1. The minimum Gasteiger partial charge on any atom is -0.306 e. The van der Waals surface area contributed by atoms with E-state index < -0.39 is 0 Å². The van der Waals surface area contributed by atoms with E-state index in [1.807, 2.05) is 36.4 Å². The fourth-order valence-electron chi connectivity index (χ4n) is 4.27. The van der Waals surface area contributed by atoms with Crippen molar-refractivity contribution in [2.45, 2.75) is 37.8 Å². The van der Waals surface area contributed by atoms with E-state index in [-0.39, 0.29) is 12.1 Å². The molecule has 2 unspecified atom stereocenters. The number of carbonyl (C=O) groups is 1. The Morgan fingerprint density at radius 2 is 1.89 bits per heavy atom. The van der Waals surface area contributed by atoms with Gasteiger partial charge >= 0.3 is 0 Å². The lowest BCUT2D eigenvalue weighted by Crippen LogP contribution is -2.40. The molecule has 0 saturated carbocycles. The van der Waals surface area contributed by atoms with Crippen molar-refractivity contribution in [3.63, 3.8) is 0 Å². The van der Waals surface area contributed by atoms with Gasteiger partial charge in [-0.05, 0) is 62.7 Å². The number of rotatable bonds is 4. The van der Waals surface area contributed by atoms with Crippen molar-refractivity contribution in [2.75, 3.05) is 20.1 Å². The molecule has 28 heavy (non-hydrogen) atoms. The molecule has 2 heterocycles. The summed E-state index contributed by atoms with van der Waals surface area (Å²) >= 11 is 6.04. The number of aldehydes is 1. The zero-order chi connectivity index (χ0) is 19.5. The number of likely N-dealkylation sites (tertiary alicyclic amines) is 1. The summed E-state index contributed by atoms with van der Waals surface area (Å²) in [6.45, 7) is 2.14. The standard InChI is InChI=1S/C23H26ClN3O/c1-26-13-4-5-19(12-14-26)27-23(16-28)21-7-3-2-6-20(21)22(25-27)15-17-8-10-18(24)11-9-17/h2-3,6-11,16,19,23H,4-5,12-15H2,1H3. The van der Waals surface area contributed by atoms with Crippen LogP contribution in [-0.4, -0.2) is 48.1 Å². The summed E-state index contributed by atoms with van der Waals surface area (Å²) in [6.07, 6.45) is 5.00. The van der Waals surface area contributed by atoms with Gasteiger partial charge in [0.25, 0.3) is 0 Å². The topological polar surface area (TPSA) is 35.9 Å². The van der Waals surface area contributed by atoms with E-state index in [9.17, 15) is 4.79 Å². The van der Waals surface area contributed by atoms with E-state index in [4.69, 9.17) is 16.7 Å². The first-order valence-electron chi connectivity index (χ1n) is 9.99. The van der Waals surface area contributed by atoms with Crippen LogP contribution in [0.4, 0.5) is 0 Å². The summed E-state index contributed by atoms with van der Waals surface area (Å²) in [5, 5.41) is 7.87. The van der Waals surface area contributed by atoms with Crippen molar-refractivity contribution in [1.29, 1.82) is 0 Å². The van der Waals surface area contributed by atoms with Gasteiger partial charge in [0.2, 0.25) is 0 Å². The zero-order valence-electron chi connectivity index (χ0n) is 16.2. The van der Waals surface area contributed by atoms with Crippen molar-refractivity contribution < 1.29 is 4.79 Å². The van der Waals surface area contributed by atoms with Crippen LogP contribution < -0.4 is 0 Å². The molecule has 2 atom stereocenters. The lowest BCUT2D eigenvalue weighted by molar-refractivity contribution is -0.113. The highest BCUT2D eigenvalue weighted by Gasteiger charge is 2.33. The van der Waals surface area contributed by atoms with Crippen LogP contribution in [-0.2, 0) is 11.2 Å². The summed E-state index contributed by atoms with van der Waals surface area (Å²) in [7, 11) is 2.17. The van der Waals surface area contributed by atoms with Crippen LogP contribution in [0.25, 0.3) is 0 Å². The number of hydrogen-bond donors (Lipinski definition) is 0. The minimum absolute atomic E-state index is 0.286. The molecule has 1 saturated heterocycles. The number of carbonyl (C=O) groups excluding carboxylic acids is 1. The number of fused-ring (bicyclic) bond motifs is 1. The predicted octanol–water partition coefficient (Wildman–Crippen LogP) is 4.33. The summed E-state index contributed by atoms with van der Waals surface area (Å²) in [5.74, 6) is 0. The molecule has 1 fully saturated rings. The molecule has 0 aliphatic carbocycles. The lowest BCUT2D eigenvalue weighted by atomic mass is 9.91. The quantitative estimate of drug-likeness (QED) is 0.723. The molecule has 4 nitrogen and oxygen atoms in total. The van der Waals surface area contributed by atoms with Crippen molar-refractivity contribution in [1.82, 2.24) is 9.91 Å². The molecule has 146 valence electrons. The first kappa shape index (κ1) is 19.2. The van der Waals surface area contributed by atoms with Gasteiger partial charge < -0.3 is 9.69 Å². The first-order chi connectivity index (χ1) is 13.7. The van der Waals surface area contributed by atoms with Gasteiger partial charge in [0.05, 0.1) is 5.71 Å². The average Bonchev–Trinajstić information content (AvgIpc) is 2.94. The van der Waals surface area contributed by atoms with E-state index >= 15 is 0 Å². The fraction of sp³-hybridized carbons (Fsp3) is 0.391. The smallest absolute Gasteiger partial charge is 0.148 e. The molecule has 0 N–H and O–H groups in total. The Bertz CT molecular complexity index is 864. The molecule has 2 aliphatic rings. The van der Waals surface area contributed by atoms with E-state index in [0.29, 0.717) is 0 Å². The average molecular weight is 396 g/mol. The molecule has 5 heteroatoms. The molecule has 2 aliphatic heterocycles.